The van der Waals surface area contributed by atoms with Gasteiger partial charge in [0.2, 0.25) is 0 Å². The maximum absolute atomic E-state index is 11.7. The molecule has 0 saturated heterocycles. The van der Waals surface area contributed by atoms with E-state index in [0.29, 0.717) is 5.75 Å². The Labute approximate surface area is 177 Å². The van der Waals surface area contributed by atoms with Crippen LogP contribution in [0.2, 0.25) is 0 Å². The predicted octanol–water partition coefficient (Wildman–Crippen LogP) is 4.63. The van der Waals surface area contributed by atoms with Crippen LogP contribution in [0.4, 0.5) is 0 Å². The molecule has 0 spiro atoms. The summed E-state index contributed by atoms with van der Waals surface area (Å²) in [7, 11) is 0. The fourth-order valence-electron chi connectivity index (χ4n) is 3.17. The smallest absolute Gasteiger partial charge is 0.344 e. The highest BCUT2D eigenvalue weighted by atomic mass is 16.6. The van der Waals surface area contributed by atoms with Crippen molar-refractivity contribution in [2.45, 2.75) is 39.2 Å². The largest absolute Gasteiger partial charge is 0.482 e. The van der Waals surface area contributed by atoms with Gasteiger partial charge in [0.1, 0.15) is 17.2 Å². The van der Waals surface area contributed by atoms with E-state index in [2.05, 4.69) is 18.2 Å². The lowest BCUT2D eigenvalue weighted by molar-refractivity contribution is -0.157. The van der Waals surface area contributed by atoms with Crippen LogP contribution in [0.15, 0.2) is 60.7 Å². The van der Waals surface area contributed by atoms with Crippen molar-refractivity contribution in [3.63, 3.8) is 0 Å². The number of hydrogen-bond donors (Lipinski definition) is 2. The first-order valence-corrected chi connectivity index (χ1v) is 10.0. The molecule has 0 atom stereocenters. The maximum atomic E-state index is 11.7. The van der Waals surface area contributed by atoms with Crippen molar-refractivity contribution in [3.8, 4) is 5.75 Å². The van der Waals surface area contributed by atoms with Gasteiger partial charge in [-0.15, -0.1) is 0 Å². The van der Waals surface area contributed by atoms with Crippen molar-refractivity contribution in [1.82, 2.24) is 0 Å². The van der Waals surface area contributed by atoms with E-state index in [1.54, 1.807) is 0 Å². The van der Waals surface area contributed by atoms with Gasteiger partial charge in [-0.2, -0.15) is 0 Å². The third kappa shape index (κ3) is 6.08. The molecule has 0 bridgehead atoms. The molecule has 3 rings (SSSR count). The maximum Gasteiger partial charge on any atom is 0.344 e. The van der Waals surface area contributed by atoms with Crippen molar-refractivity contribution in [2.75, 3.05) is 6.61 Å². The minimum absolute atomic E-state index is 0.0829. The Morgan fingerprint density at radius 2 is 1.50 bits per heavy atom. The summed E-state index contributed by atoms with van der Waals surface area (Å²) in [5, 5.41) is 9.78. The number of carbonyl (C=O) groups is 1. The number of fused-ring (bicyclic) bond motifs is 1. The van der Waals surface area contributed by atoms with E-state index in [-0.39, 0.29) is 18.4 Å². The Morgan fingerprint density at radius 1 is 0.900 bits per heavy atom. The molecule has 0 saturated carbocycles. The van der Waals surface area contributed by atoms with Gasteiger partial charge in [0, 0.05) is 5.56 Å². The van der Waals surface area contributed by atoms with Crippen LogP contribution in [0.1, 0.15) is 37.5 Å². The standard InChI is InChI=1S/C25H28N2O3/c1-25(2,3)30-23(28)16-29-22-12-7-17(8-13-22)4-5-18-6-9-20-15-21(24(26)27)11-10-19(20)14-18/h6-15H,4-5,16H2,1-3H3,(H3,26,27). The number of amidine groups is 1. The van der Waals surface area contributed by atoms with Gasteiger partial charge in [-0.25, -0.2) is 4.79 Å². The quantitative estimate of drug-likeness (QED) is 0.342. The molecule has 0 amide bonds. The Kier molecular flexibility index (Phi) is 6.40. The van der Waals surface area contributed by atoms with Crippen molar-refractivity contribution >= 4 is 22.6 Å². The van der Waals surface area contributed by atoms with Gasteiger partial charge in [-0.1, -0.05) is 42.5 Å². The highest BCUT2D eigenvalue weighted by molar-refractivity contribution is 5.99. The Morgan fingerprint density at radius 3 is 2.17 bits per heavy atom. The van der Waals surface area contributed by atoms with E-state index in [9.17, 15) is 4.79 Å². The Balaban J connectivity index is 1.55. The fraction of sp³-hybridized carbons (Fsp3) is 0.280. The Bertz CT molecular complexity index is 1050. The van der Waals surface area contributed by atoms with Crippen LogP contribution < -0.4 is 10.5 Å². The number of nitrogen functional groups attached to an aromatic ring is 1. The molecule has 0 aliphatic carbocycles. The van der Waals surface area contributed by atoms with E-state index >= 15 is 0 Å². The molecule has 5 nitrogen and oxygen atoms in total. The van der Waals surface area contributed by atoms with Crippen LogP contribution in [0.5, 0.6) is 5.75 Å². The number of carbonyl (C=O) groups excluding carboxylic acids is 1. The number of esters is 1. The molecule has 0 aromatic heterocycles. The minimum atomic E-state index is -0.511. The summed E-state index contributed by atoms with van der Waals surface area (Å²) >= 11 is 0. The zero-order chi connectivity index (χ0) is 21.7. The lowest BCUT2D eigenvalue weighted by Crippen LogP contribution is -2.27. The average molecular weight is 405 g/mol. The van der Waals surface area contributed by atoms with Crippen LogP contribution in [0.3, 0.4) is 0 Å². The van der Waals surface area contributed by atoms with Crippen LogP contribution in [0.25, 0.3) is 10.8 Å². The zero-order valence-corrected chi connectivity index (χ0v) is 17.7. The molecule has 0 unspecified atom stereocenters. The average Bonchev–Trinajstić information content (AvgIpc) is 2.69. The monoisotopic (exact) mass is 404 g/mol. The first kappa shape index (κ1) is 21.4. The van der Waals surface area contributed by atoms with Crippen LogP contribution in [-0.4, -0.2) is 24.0 Å². The molecule has 156 valence electrons. The lowest BCUT2D eigenvalue weighted by Gasteiger charge is -2.19. The summed E-state index contributed by atoms with van der Waals surface area (Å²) in [6.45, 7) is 5.40. The first-order chi connectivity index (χ1) is 14.2. The molecular weight excluding hydrogens is 376 g/mol. The van der Waals surface area contributed by atoms with Gasteiger partial charge in [0.25, 0.3) is 0 Å². The molecule has 3 aromatic rings. The van der Waals surface area contributed by atoms with Crippen LogP contribution in [-0.2, 0) is 22.4 Å². The number of nitrogens with two attached hydrogens (primary N) is 1. The van der Waals surface area contributed by atoms with Crippen molar-refractivity contribution in [1.29, 1.82) is 5.41 Å². The van der Waals surface area contributed by atoms with Crippen molar-refractivity contribution in [2.24, 2.45) is 5.73 Å². The second-order valence-corrected chi connectivity index (χ2v) is 8.33. The Hall–Kier alpha value is -3.34. The van der Waals surface area contributed by atoms with Gasteiger partial charge in [0.05, 0.1) is 0 Å². The molecule has 0 radical (unpaired) electrons. The normalized spacial score (nSPS) is 11.3. The molecule has 3 aromatic carbocycles. The SMILES string of the molecule is CC(C)(C)OC(=O)COc1ccc(CCc2ccc3cc(C(=N)N)ccc3c2)cc1. The van der Waals surface area contributed by atoms with E-state index < -0.39 is 5.60 Å². The summed E-state index contributed by atoms with van der Waals surface area (Å²) in [6.07, 6.45) is 1.83. The molecule has 0 aliphatic rings. The van der Waals surface area contributed by atoms with Crippen LogP contribution in [0, 0.1) is 5.41 Å². The first-order valence-electron chi connectivity index (χ1n) is 10.0. The molecule has 3 N–H and O–H groups in total. The highest BCUT2D eigenvalue weighted by Crippen LogP contribution is 2.20. The molecule has 30 heavy (non-hydrogen) atoms. The molecule has 5 heteroatoms. The number of nitrogens with one attached hydrogen (secondary N) is 1. The molecule has 0 heterocycles. The fourth-order valence-corrected chi connectivity index (χ4v) is 3.17. The van der Waals surface area contributed by atoms with E-state index in [1.807, 2.05) is 63.2 Å². The number of hydrogen-bond acceptors (Lipinski definition) is 4. The molecule has 0 fully saturated rings. The number of benzene rings is 3. The van der Waals surface area contributed by atoms with E-state index in [0.717, 1.165) is 29.2 Å². The van der Waals surface area contributed by atoms with Gasteiger partial charge in [0.15, 0.2) is 6.61 Å². The number of aryl methyl sites for hydroxylation is 2. The minimum Gasteiger partial charge on any atom is -0.482 e. The third-order valence-corrected chi connectivity index (χ3v) is 4.62. The summed E-state index contributed by atoms with van der Waals surface area (Å²) in [4.78, 5) is 11.7. The van der Waals surface area contributed by atoms with Gasteiger partial charge >= 0.3 is 5.97 Å². The number of ether oxygens (including phenoxy) is 2. The summed E-state index contributed by atoms with van der Waals surface area (Å²) in [5.41, 5.74) is 8.25. The van der Waals surface area contributed by atoms with Gasteiger partial charge in [-0.05, 0) is 73.7 Å². The predicted molar refractivity (Wildman–Crippen MR) is 120 cm³/mol. The van der Waals surface area contributed by atoms with E-state index in [4.69, 9.17) is 20.6 Å². The molecule has 0 aliphatic heterocycles. The van der Waals surface area contributed by atoms with Crippen molar-refractivity contribution < 1.29 is 14.3 Å². The third-order valence-electron chi connectivity index (χ3n) is 4.62. The lowest BCUT2D eigenvalue weighted by atomic mass is 10.00. The second-order valence-electron chi connectivity index (χ2n) is 8.33. The second kappa shape index (κ2) is 8.99. The van der Waals surface area contributed by atoms with Gasteiger partial charge in [-0.3, -0.25) is 5.41 Å². The topological polar surface area (TPSA) is 85.4 Å². The highest BCUT2D eigenvalue weighted by Gasteiger charge is 2.16. The summed E-state index contributed by atoms with van der Waals surface area (Å²) < 4.78 is 10.7. The zero-order valence-electron chi connectivity index (χ0n) is 17.7. The van der Waals surface area contributed by atoms with E-state index in [1.165, 1.54) is 11.1 Å². The van der Waals surface area contributed by atoms with Crippen LogP contribution >= 0.6 is 0 Å². The molecular formula is C25H28N2O3. The number of rotatable bonds is 7. The summed E-state index contributed by atoms with van der Waals surface area (Å²) in [6, 6.07) is 20.0. The summed E-state index contributed by atoms with van der Waals surface area (Å²) in [5.74, 6) is 0.356. The van der Waals surface area contributed by atoms with Crippen molar-refractivity contribution in [3.05, 3.63) is 77.4 Å². The van der Waals surface area contributed by atoms with Gasteiger partial charge < -0.3 is 15.2 Å².